The van der Waals surface area contributed by atoms with E-state index in [0.29, 0.717) is 5.54 Å². The molecule has 0 bridgehead atoms. The Balaban J connectivity index is 1.73. The minimum atomic E-state index is 0.326. The summed E-state index contributed by atoms with van der Waals surface area (Å²) in [5, 5.41) is 11.4. The highest BCUT2D eigenvalue weighted by Gasteiger charge is 2.39. The van der Waals surface area contributed by atoms with Crippen LogP contribution in [0.15, 0.2) is 4.63 Å². The van der Waals surface area contributed by atoms with Gasteiger partial charge in [-0.3, -0.25) is 9.80 Å². The average molecular weight is 279 g/mol. The van der Waals surface area contributed by atoms with Gasteiger partial charge in [-0.1, -0.05) is 10.3 Å². The van der Waals surface area contributed by atoms with Gasteiger partial charge in [-0.2, -0.15) is 0 Å². The molecule has 112 valence electrons. The summed E-state index contributed by atoms with van der Waals surface area (Å²) in [7, 11) is 2.29. The lowest BCUT2D eigenvalue weighted by atomic mass is 9.86. The van der Waals surface area contributed by atoms with E-state index in [9.17, 15) is 0 Å². The summed E-state index contributed by atoms with van der Waals surface area (Å²) >= 11 is 0. The van der Waals surface area contributed by atoms with Crippen LogP contribution in [0.3, 0.4) is 0 Å². The van der Waals surface area contributed by atoms with E-state index >= 15 is 0 Å². The zero-order chi connectivity index (χ0) is 14.0. The van der Waals surface area contributed by atoms with Crippen LogP contribution in [0.5, 0.6) is 0 Å². The summed E-state index contributed by atoms with van der Waals surface area (Å²) in [6.45, 7) is 8.52. The highest BCUT2D eigenvalue weighted by Crippen LogP contribution is 2.29. The molecule has 0 aliphatic carbocycles. The molecule has 0 radical (unpaired) electrons. The molecular formula is C14H25N5O. The van der Waals surface area contributed by atoms with Crippen LogP contribution in [-0.4, -0.2) is 65.4 Å². The maximum absolute atomic E-state index is 4.83. The molecule has 0 amide bonds. The number of hydrogen-bond acceptors (Lipinski definition) is 6. The molecule has 0 unspecified atom stereocenters. The zero-order valence-electron chi connectivity index (χ0n) is 12.6. The van der Waals surface area contributed by atoms with Crippen LogP contribution in [0.2, 0.25) is 0 Å². The number of nitrogens with one attached hydrogen (secondary N) is 1. The van der Waals surface area contributed by atoms with Crippen LogP contribution >= 0.6 is 0 Å². The molecule has 2 fully saturated rings. The molecule has 2 aliphatic rings. The maximum Gasteiger partial charge on any atom is 0.122 e. The highest BCUT2D eigenvalue weighted by atomic mass is 16.6. The van der Waals surface area contributed by atoms with Crippen molar-refractivity contribution in [1.82, 2.24) is 25.4 Å². The first-order chi connectivity index (χ1) is 9.70. The van der Waals surface area contributed by atoms with E-state index in [0.717, 1.165) is 44.1 Å². The van der Waals surface area contributed by atoms with E-state index in [1.807, 2.05) is 6.92 Å². The second-order valence-corrected chi connectivity index (χ2v) is 6.26. The summed E-state index contributed by atoms with van der Waals surface area (Å²) in [4.78, 5) is 5.11. The monoisotopic (exact) mass is 279 g/mol. The Hall–Kier alpha value is -0.980. The van der Waals surface area contributed by atoms with Crippen molar-refractivity contribution in [2.45, 2.75) is 38.3 Å². The van der Waals surface area contributed by atoms with Crippen LogP contribution in [0.1, 0.15) is 30.7 Å². The third-order valence-electron chi connectivity index (χ3n) is 4.95. The normalized spacial score (nSPS) is 24.9. The SMILES string of the molecule is Cc1nonc1CN1CCCN(C)C2(CCNCC2)C1. The lowest BCUT2D eigenvalue weighted by molar-refractivity contribution is 0.0631. The van der Waals surface area contributed by atoms with E-state index in [1.54, 1.807) is 0 Å². The van der Waals surface area contributed by atoms with Gasteiger partial charge in [0.25, 0.3) is 0 Å². The largest absolute Gasteiger partial charge is 0.317 e. The molecule has 2 aliphatic heterocycles. The van der Waals surface area contributed by atoms with Gasteiger partial charge in [0.1, 0.15) is 11.4 Å². The summed E-state index contributed by atoms with van der Waals surface area (Å²) < 4.78 is 4.83. The molecule has 6 heteroatoms. The number of hydrogen-bond donors (Lipinski definition) is 1. The lowest BCUT2D eigenvalue weighted by Gasteiger charge is -2.45. The first kappa shape index (κ1) is 14.0. The Morgan fingerprint density at radius 2 is 2.05 bits per heavy atom. The predicted molar refractivity (Wildman–Crippen MR) is 76.4 cm³/mol. The number of nitrogens with zero attached hydrogens (tertiary/aromatic N) is 4. The summed E-state index contributed by atoms with van der Waals surface area (Å²) in [5.41, 5.74) is 2.23. The van der Waals surface area contributed by atoms with Crippen molar-refractivity contribution in [2.75, 3.05) is 39.8 Å². The van der Waals surface area contributed by atoms with Gasteiger partial charge in [-0.25, -0.2) is 4.63 Å². The number of likely N-dealkylation sites (N-methyl/N-ethyl adjacent to an activating group) is 1. The fraction of sp³-hybridized carbons (Fsp3) is 0.857. The molecule has 1 aromatic rings. The average Bonchev–Trinajstić information content (AvgIpc) is 2.78. The topological polar surface area (TPSA) is 57.4 Å². The standard InChI is InChI=1S/C14H25N5O/c1-12-13(17-20-16-12)10-19-9-3-8-18(2)14(11-19)4-6-15-7-5-14/h15H,3-11H2,1-2H3. The fourth-order valence-corrected chi connectivity index (χ4v) is 3.56. The van der Waals surface area contributed by atoms with Crippen molar-refractivity contribution in [3.8, 4) is 0 Å². The van der Waals surface area contributed by atoms with Crippen molar-refractivity contribution in [3.63, 3.8) is 0 Å². The van der Waals surface area contributed by atoms with Crippen LogP contribution in [-0.2, 0) is 6.54 Å². The molecule has 6 nitrogen and oxygen atoms in total. The lowest BCUT2D eigenvalue weighted by Crippen LogP contribution is -2.57. The van der Waals surface area contributed by atoms with E-state index in [1.165, 1.54) is 25.8 Å². The minimum absolute atomic E-state index is 0.326. The molecule has 0 atom stereocenters. The second kappa shape index (κ2) is 5.79. The first-order valence-electron chi connectivity index (χ1n) is 7.62. The van der Waals surface area contributed by atoms with Crippen molar-refractivity contribution in [2.24, 2.45) is 0 Å². The number of aromatic nitrogens is 2. The molecule has 2 saturated heterocycles. The Kier molecular flexibility index (Phi) is 4.05. The third kappa shape index (κ3) is 2.73. The maximum atomic E-state index is 4.83. The van der Waals surface area contributed by atoms with Gasteiger partial charge in [0.15, 0.2) is 0 Å². The van der Waals surface area contributed by atoms with Gasteiger partial charge < -0.3 is 5.32 Å². The number of rotatable bonds is 2. The molecular weight excluding hydrogens is 254 g/mol. The van der Waals surface area contributed by atoms with E-state index in [-0.39, 0.29) is 0 Å². The van der Waals surface area contributed by atoms with Crippen molar-refractivity contribution in [1.29, 1.82) is 0 Å². The van der Waals surface area contributed by atoms with Crippen molar-refractivity contribution >= 4 is 0 Å². The van der Waals surface area contributed by atoms with Crippen LogP contribution in [0.25, 0.3) is 0 Å². The smallest absolute Gasteiger partial charge is 0.122 e. The van der Waals surface area contributed by atoms with Crippen LogP contribution in [0.4, 0.5) is 0 Å². The Labute approximate surface area is 120 Å². The van der Waals surface area contributed by atoms with Crippen LogP contribution in [0, 0.1) is 6.92 Å². The molecule has 1 N–H and O–H groups in total. The van der Waals surface area contributed by atoms with E-state index in [4.69, 9.17) is 4.63 Å². The number of piperidine rings is 1. The molecule has 0 saturated carbocycles. The van der Waals surface area contributed by atoms with E-state index < -0.39 is 0 Å². The van der Waals surface area contributed by atoms with Crippen molar-refractivity contribution < 1.29 is 4.63 Å². The number of aryl methyl sites for hydroxylation is 1. The zero-order valence-corrected chi connectivity index (χ0v) is 12.6. The fourth-order valence-electron chi connectivity index (χ4n) is 3.56. The van der Waals surface area contributed by atoms with Gasteiger partial charge in [-0.15, -0.1) is 0 Å². The molecule has 20 heavy (non-hydrogen) atoms. The van der Waals surface area contributed by atoms with Gasteiger partial charge in [0, 0.05) is 18.6 Å². The second-order valence-electron chi connectivity index (χ2n) is 6.26. The Morgan fingerprint density at radius 1 is 1.25 bits per heavy atom. The van der Waals surface area contributed by atoms with Gasteiger partial charge >= 0.3 is 0 Å². The summed E-state index contributed by atoms with van der Waals surface area (Å²) in [6.07, 6.45) is 3.68. The first-order valence-corrected chi connectivity index (χ1v) is 7.62. The quantitative estimate of drug-likeness (QED) is 0.857. The van der Waals surface area contributed by atoms with Gasteiger partial charge in [0.2, 0.25) is 0 Å². The predicted octanol–water partition coefficient (Wildman–Crippen LogP) is 0.638. The third-order valence-corrected chi connectivity index (χ3v) is 4.95. The van der Waals surface area contributed by atoms with Gasteiger partial charge in [-0.05, 0) is 59.4 Å². The molecule has 1 spiro atoms. The van der Waals surface area contributed by atoms with Crippen molar-refractivity contribution in [3.05, 3.63) is 11.4 Å². The molecule has 3 heterocycles. The minimum Gasteiger partial charge on any atom is -0.317 e. The molecule has 3 rings (SSSR count). The molecule has 0 aromatic carbocycles. The van der Waals surface area contributed by atoms with E-state index in [2.05, 4.69) is 32.5 Å². The Bertz CT molecular complexity index is 441. The highest BCUT2D eigenvalue weighted by molar-refractivity contribution is 5.06. The summed E-state index contributed by atoms with van der Waals surface area (Å²) in [5.74, 6) is 0. The molecule has 1 aromatic heterocycles. The van der Waals surface area contributed by atoms with Crippen LogP contribution < -0.4 is 5.32 Å². The Morgan fingerprint density at radius 3 is 2.75 bits per heavy atom. The summed E-state index contributed by atoms with van der Waals surface area (Å²) in [6, 6.07) is 0. The van der Waals surface area contributed by atoms with Gasteiger partial charge in [0.05, 0.1) is 0 Å².